The SMILES string of the molecule is COc1ccc(S(=O)(=O)NC(C)c2ccccc2C)c(C)c1C. The van der Waals surface area contributed by atoms with Crippen LogP contribution in [0.25, 0.3) is 0 Å². The van der Waals surface area contributed by atoms with Crippen molar-refractivity contribution in [1.82, 2.24) is 4.72 Å². The van der Waals surface area contributed by atoms with Crippen molar-refractivity contribution < 1.29 is 13.2 Å². The summed E-state index contributed by atoms with van der Waals surface area (Å²) in [5.41, 5.74) is 3.57. The average molecular weight is 333 g/mol. The van der Waals surface area contributed by atoms with Crippen LogP contribution in [-0.4, -0.2) is 15.5 Å². The van der Waals surface area contributed by atoms with E-state index in [2.05, 4.69) is 4.72 Å². The average Bonchev–Trinajstić information content (AvgIpc) is 2.49. The van der Waals surface area contributed by atoms with Crippen LogP contribution in [0.15, 0.2) is 41.3 Å². The molecule has 2 aromatic carbocycles. The monoisotopic (exact) mass is 333 g/mol. The fourth-order valence-electron chi connectivity index (χ4n) is 2.72. The molecule has 0 heterocycles. The minimum Gasteiger partial charge on any atom is -0.496 e. The Morgan fingerprint density at radius 3 is 2.26 bits per heavy atom. The zero-order valence-corrected chi connectivity index (χ0v) is 15.0. The largest absolute Gasteiger partial charge is 0.496 e. The fraction of sp³-hybridized carbons (Fsp3) is 0.333. The second-order valence-corrected chi connectivity index (χ2v) is 7.40. The lowest BCUT2D eigenvalue weighted by Crippen LogP contribution is -2.28. The van der Waals surface area contributed by atoms with E-state index < -0.39 is 10.0 Å². The van der Waals surface area contributed by atoms with Gasteiger partial charge in [-0.2, -0.15) is 0 Å². The second-order valence-electron chi connectivity index (χ2n) is 5.72. The molecule has 5 heteroatoms. The summed E-state index contributed by atoms with van der Waals surface area (Å²) in [4.78, 5) is 0.288. The van der Waals surface area contributed by atoms with Crippen molar-refractivity contribution in [2.75, 3.05) is 7.11 Å². The molecule has 1 atom stereocenters. The van der Waals surface area contributed by atoms with Gasteiger partial charge in [-0.3, -0.25) is 0 Å². The predicted molar refractivity (Wildman–Crippen MR) is 92.4 cm³/mol. The second kappa shape index (κ2) is 6.72. The van der Waals surface area contributed by atoms with Gasteiger partial charge in [-0.25, -0.2) is 13.1 Å². The van der Waals surface area contributed by atoms with Crippen LogP contribution in [0.4, 0.5) is 0 Å². The Balaban J connectivity index is 2.37. The van der Waals surface area contributed by atoms with Gasteiger partial charge >= 0.3 is 0 Å². The highest BCUT2D eigenvalue weighted by Crippen LogP contribution is 2.28. The lowest BCUT2D eigenvalue weighted by atomic mass is 10.0. The number of methoxy groups -OCH3 is 1. The first-order valence-corrected chi connectivity index (χ1v) is 8.98. The first kappa shape index (κ1) is 17.5. The van der Waals surface area contributed by atoms with Gasteiger partial charge in [-0.15, -0.1) is 0 Å². The van der Waals surface area contributed by atoms with Gasteiger partial charge < -0.3 is 4.74 Å². The van der Waals surface area contributed by atoms with Crippen LogP contribution >= 0.6 is 0 Å². The van der Waals surface area contributed by atoms with Crippen molar-refractivity contribution in [2.24, 2.45) is 0 Å². The first-order chi connectivity index (χ1) is 10.8. The Bertz CT molecular complexity index is 813. The molecule has 23 heavy (non-hydrogen) atoms. The minimum absolute atomic E-state index is 0.288. The number of sulfonamides is 1. The third-order valence-corrected chi connectivity index (χ3v) is 5.87. The van der Waals surface area contributed by atoms with Gasteiger partial charge in [0.15, 0.2) is 0 Å². The molecule has 1 unspecified atom stereocenters. The van der Waals surface area contributed by atoms with Gasteiger partial charge in [0.1, 0.15) is 5.75 Å². The smallest absolute Gasteiger partial charge is 0.241 e. The van der Waals surface area contributed by atoms with Crippen molar-refractivity contribution in [3.8, 4) is 5.75 Å². The summed E-state index contributed by atoms with van der Waals surface area (Å²) in [6.07, 6.45) is 0. The highest BCUT2D eigenvalue weighted by Gasteiger charge is 2.22. The van der Waals surface area contributed by atoms with Gasteiger partial charge in [0, 0.05) is 6.04 Å². The molecule has 0 aliphatic rings. The number of hydrogen-bond acceptors (Lipinski definition) is 3. The van der Waals surface area contributed by atoms with E-state index in [9.17, 15) is 8.42 Å². The third-order valence-electron chi connectivity index (χ3n) is 4.18. The summed E-state index contributed by atoms with van der Waals surface area (Å²) >= 11 is 0. The molecule has 0 aromatic heterocycles. The van der Waals surface area contributed by atoms with Crippen LogP contribution in [0.1, 0.15) is 35.2 Å². The molecule has 1 N–H and O–H groups in total. The van der Waals surface area contributed by atoms with Crippen molar-refractivity contribution in [3.05, 3.63) is 58.7 Å². The maximum absolute atomic E-state index is 12.7. The molecule has 0 aliphatic heterocycles. The summed E-state index contributed by atoms with van der Waals surface area (Å²) in [6.45, 7) is 7.48. The summed E-state index contributed by atoms with van der Waals surface area (Å²) in [6, 6.07) is 10.7. The van der Waals surface area contributed by atoms with Crippen molar-refractivity contribution in [2.45, 2.75) is 38.6 Å². The fourth-order valence-corrected chi connectivity index (χ4v) is 4.24. The summed E-state index contributed by atoms with van der Waals surface area (Å²) in [7, 11) is -2.03. The van der Waals surface area contributed by atoms with Gasteiger partial charge in [0.05, 0.1) is 12.0 Å². The highest BCUT2D eigenvalue weighted by atomic mass is 32.2. The van der Waals surface area contributed by atoms with Crippen LogP contribution in [0.3, 0.4) is 0 Å². The summed E-state index contributed by atoms with van der Waals surface area (Å²) in [5.74, 6) is 0.688. The normalized spacial score (nSPS) is 12.9. The lowest BCUT2D eigenvalue weighted by molar-refractivity contribution is 0.410. The Morgan fingerprint density at radius 2 is 1.65 bits per heavy atom. The van der Waals surface area contributed by atoms with E-state index in [0.717, 1.165) is 16.7 Å². The highest BCUT2D eigenvalue weighted by molar-refractivity contribution is 7.89. The van der Waals surface area contributed by atoms with Crippen LogP contribution < -0.4 is 9.46 Å². The Labute approximate surface area is 138 Å². The molecule has 4 nitrogen and oxygen atoms in total. The molecule has 0 spiro atoms. The Hall–Kier alpha value is -1.85. The van der Waals surface area contributed by atoms with E-state index in [1.54, 1.807) is 26.2 Å². The van der Waals surface area contributed by atoms with E-state index in [0.29, 0.717) is 11.3 Å². The van der Waals surface area contributed by atoms with E-state index in [1.165, 1.54) is 0 Å². The maximum atomic E-state index is 12.7. The maximum Gasteiger partial charge on any atom is 0.241 e. The molecular formula is C18H23NO3S. The number of benzene rings is 2. The zero-order chi connectivity index (χ0) is 17.2. The quantitative estimate of drug-likeness (QED) is 0.908. The molecule has 124 valence electrons. The molecule has 2 rings (SSSR count). The molecule has 0 amide bonds. The molecule has 0 fully saturated rings. The third kappa shape index (κ3) is 3.57. The standard InChI is InChI=1S/C18H23NO3S/c1-12-8-6-7-9-16(12)15(4)19-23(20,21)18-11-10-17(22-5)13(2)14(18)3/h6-11,15,19H,1-5H3. The number of ether oxygens (including phenoxy) is 1. The molecule has 0 saturated heterocycles. The number of aryl methyl sites for hydroxylation is 1. The van der Waals surface area contributed by atoms with Crippen LogP contribution in [0.5, 0.6) is 5.75 Å². The topological polar surface area (TPSA) is 55.4 Å². The van der Waals surface area contributed by atoms with Crippen molar-refractivity contribution >= 4 is 10.0 Å². The number of nitrogens with one attached hydrogen (secondary N) is 1. The van der Waals surface area contributed by atoms with Crippen molar-refractivity contribution in [3.63, 3.8) is 0 Å². The zero-order valence-electron chi connectivity index (χ0n) is 14.2. The predicted octanol–water partition coefficient (Wildman–Crippen LogP) is 3.66. The summed E-state index contributed by atoms with van der Waals surface area (Å²) in [5, 5.41) is 0. The number of rotatable bonds is 5. The molecule has 0 saturated carbocycles. The molecule has 0 bridgehead atoms. The Kier molecular flexibility index (Phi) is 5.12. The number of hydrogen-bond donors (Lipinski definition) is 1. The van der Waals surface area contributed by atoms with Gasteiger partial charge in [0.25, 0.3) is 0 Å². The van der Waals surface area contributed by atoms with E-state index in [-0.39, 0.29) is 10.9 Å². The molecule has 2 aromatic rings. The molecular weight excluding hydrogens is 310 g/mol. The first-order valence-electron chi connectivity index (χ1n) is 7.50. The van der Waals surface area contributed by atoms with Gasteiger partial charge in [-0.1, -0.05) is 24.3 Å². The van der Waals surface area contributed by atoms with Crippen molar-refractivity contribution in [1.29, 1.82) is 0 Å². The van der Waals surface area contributed by atoms with Crippen LogP contribution in [0.2, 0.25) is 0 Å². The Morgan fingerprint density at radius 1 is 1.00 bits per heavy atom. The van der Waals surface area contributed by atoms with Gasteiger partial charge in [-0.05, 0) is 62.1 Å². The molecule has 0 radical (unpaired) electrons. The minimum atomic E-state index is -3.61. The molecule has 0 aliphatic carbocycles. The van der Waals surface area contributed by atoms with E-state index >= 15 is 0 Å². The van der Waals surface area contributed by atoms with E-state index in [4.69, 9.17) is 4.74 Å². The van der Waals surface area contributed by atoms with E-state index in [1.807, 2.05) is 45.0 Å². The van der Waals surface area contributed by atoms with Crippen LogP contribution in [-0.2, 0) is 10.0 Å². The lowest BCUT2D eigenvalue weighted by Gasteiger charge is -2.19. The van der Waals surface area contributed by atoms with Crippen LogP contribution in [0, 0.1) is 20.8 Å². The van der Waals surface area contributed by atoms with Gasteiger partial charge in [0.2, 0.25) is 10.0 Å². The summed E-state index contributed by atoms with van der Waals surface area (Å²) < 4.78 is 33.5.